The van der Waals surface area contributed by atoms with Crippen LogP contribution in [0.5, 0.6) is 0 Å². The Hall–Kier alpha value is -2.09. The number of hydrogen-bond donors (Lipinski definition) is 1. The first-order valence-corrected chi connectivity index (χ1v) is 4.53. The zero-order valence-corrected chi connectivity index (χ0v) is 8.70. The third kappa shape index (κ3) is 2.94. The van der Waals surface area contributed by atoms with Gasteiger partial charge in [-0.15, -0.1) is 0 Å². The Morgan fingerprint density at radius 3 is 2.71 bits per heavy atom. The molecule has 0 bridgehead atoms. The SMILES string of the molecule is CCONC(=O)c1cc(F)cc([N+](=O)[O-])c1F. The molecular formula is C9H8F2N2O4. The van der Waals surface area contributed by atoms with Crippen LogP contribution in [0.15, 0.2) is 12.1 Å². The highest BCUT2D eigenvalue weighted by Gasteiger charge is 2.24. The van der Waals surface area contributed by atoms with Gasteiger partial charge in [0, 0.05) is 0 Å². The van der Waals surface area contributed by atoms with Gasteiger partial charge in [-0.05, 0) is 13.0 Å². The van der Waals surface area contributed by atoms with Gasteiger partial charge in [0.2, 0.25) is 5.82 Å². The average molecular weight is 246 g/mol. The molecule has 0 saturated heterocycles. The predicted molar refractivity (Wildman–Crippen MR) is 52.1 cm³/mol. The van der Waals surface area contributed by atoms with Crippen molar-refractivity contribution in [3.05, 3.63) is 39.4 Å². The zero-order chi connectivity index (χ0) is 13.0. The highest BCUT2D eigenvalue weighted by molar-refractivity contribution is 5.94. The molecule has 8 heteroatoms. The van der Waals surface area contributed by atoms with Crippen molar-refractivity contribution in [3.8, 4) is 0 Å². The molecule has 0 aliphatic carbocycles. The molecule has 0 saturated carbocycles. The van der Waals surface area contributed by atoms with Gasteiger partial charge in [-0.3, -0.25) is 19.7 Å². The number of carbonyl (C=O) groups is 1. The molecule has 1 amide bonds. The Morgan fingerprint density at radius 1 is 1.53 bits per heavy atom. The summed E-state index contributed by atoms with van der Waals surface area (Å²) < 4.78 is 26.4. The number of nitro groups is 1. The van der Waals surface area contributed by atoms with Crippen LogP contribution >= 0.6 is 0 Å². The maximum atomic E-state index is 13.5. The summed E-state index contributed by atoms with van der Waals surface area (Å²) in [5.41, 5.74) is -0.0772. The van der Waals surface area contributed by atoms with E-state index in [0.717, 1.165) is 0 Å². The van der Waals surface area contributed by atoms with E-state index in [1.54, 1.807) is 6.92 Å². The normalized spacial score (nSPS) is 10.1. The summed E-state index contributed by atoms with van der Waals surface area (Å²) in [4.78, 5) is 25.1. The third-order valence-corrected chi connectivity index (χ3v) is 1.77. The van der Waals surface area contributed by atoms with Crippen molar-refractivity contribution in [2.45, 2.75) is 6.92 Å². The highest BCUT2D eigenvalue weighted by Crippen LogP contribution is 2.22. The summed E-state index contributed by atoms with van der Waals surface area (Å²) in [5, 5.41) is 10.4. The lowest BCUT2D eigenvalue weighted by atomic mass is 10.1. The summed E-state index contributed by atoms with van der Waals surface area (Å²) in [5.74, 6) is -3.58. The van der Waals surface area contributed by atoms with Crippen LogP contribution in [0.3, 0.4) is 0 Å². The second-order valence-electron chi connectivity index (χ2n) is 2.91. The molecule has 0 spiro atoms. The molecule has 92 valence electrons. The quantitative estimate of drug-likeness (QED) is 0.645. The Labute approximate surface area is 94.3 Å². The Bertz CT molecular complexity index is 465. The van der Waals surface area contributed by atoms with Crippen LogP contribution in [0.25, 0.3) is 0 Å². The number of carbonyl (C=O) groups excluding carboxylic acids is 1. The lowest BCUT2D eigenvalue weighted by Gasteiger charge is -2.05. The number of nitrogens with one attached hydrogen (secondary N) is 1. The Morgan fingerprint density at radius 2 is 2.18 bits per heavy atom. The molecule has 0 aliphatic heterocycles. The van der Waals surface area contributed by atoms with Gasteiger partial charge >= 0.3 is 5.69 Å². The van der Waals surface area contributed by atoms with Crippen LogP contribution in [0.2, 0.25) is 0 Å². The number of hydroxylamine groups is 1. The molecule has 6 nitrogen and oxygen atoms in total. The maximum Gasteiger partial charge on any atom is 0.308 e. The molecule has 0 heterocycles. The number of nitro benzene ring substituents is 1. The summed E-state index contributed by atoms with van der Waals surface area (Å²) in [6.45, 7) is 1.68. The summed E-state index contributed by atoms with van der Waals surface area (Å²) in [6, 6.07) is 0.948. The Kier molecular flexibility index (Phi) is 4.05. The number of halogens is 2. The van der Waals surface area contributed by atoms with E-state index < -0.39 is 33.7 Å². The number of hydrogen-bond acceptors (Lipinski definition) is 4. The van der Waals surface area contributed by atoms with Gasteiger partial charge in [-0.25, -0.2) is 9.87 Å². The van der Waals surface area contributed by atoms with Gasteiger partial charge in [0.15, 0.2) is 0 Å². The van der Waals surface area contributed by atoms with Crippen molar-refractivity contribution in [2.24, 2.45) is 0 Å². The first-order chi connectivity index (χ1) is 7.97. The predicted octanol–water partition coefficient (Wildman–Crippen LogP) is 1.55. The lowest BCUT2D eigenvalue weighted by molar-refractivity contribution is -0.387. The van der Waals surface area contributed by atoms with Crippen LogP contribution in [0, 0.1) is 21.7 Å². The minimum atomic E-state index is -1.41. The standard InChI is InChI=1S/C9H8F2N2O4/c1-2-17-12-9(14)6-3-5(10)4-7(8(6)11)13(15)16/h3-4H,2H2,1H3,(H,12,14). The molecule has 1 aromatic rings. The monoisotopic (exact) mass is 246 g/mol. The average Bonchev–Trinajstić information content (AvgIpc) is 2.28. The van der Waals surface area contributed by atoms with Gasteiger partial charge < -0.3 is 0 Å². The molecule has 0 radical (unpaired) electrons. The van der Waals surface area contributed by atoms with Crippen LogP contribution in [0.1, 0.15) is 17.3 Å². The van der Waals surface area contributed by atoms with Crippen LogP contribution in [0.4, 0.5) is 14.5 Å². The molecule has 1 N–H and O–H groups in total. The van der Waals surface area contributed by atoms with E-state index >= 15 is 0 Å². The molecule has 0 aromatic heterocycles. The van der Waals surface area contributed by atoms with E-state index in [0.29, 0.717) is 12.1 Å². The molecule has 0 aliphatic rings. The molecule has 1 aromatic carbocycles. The maximum absolute atomic E-state index is 13.5. The van der Waals surface area contributed by atoms with Crippen LogP contribution in [-0.4, -0.2) is 17.4 Å². The highest BCUT2D eigenvalue weighted by atomic mass is 19.1. The molecular weight excluding hydrogens is 238 g/mol. The van der Waals surface area contributed by atoms with Crippen molar-refractivity contribution >= 4 is 11.6 Å². The van der Waals surface area contributed by atoms with Crippen molar-refractivity contribution in [3.63, 3.8) is 0 Å². The van der Waals surface area contributed by atoms with Crippen molar-refractivity contribution in [2.75, 3.05) is 6.61 Å². The largest absolute Gasteiger partial charge is 0.308 e. The summed E-state index contributed by atoms with van der Waals surface area (Å²) >= 11 is 0. The van der Waals surface area contributed by atoms with Crippen LogP contribution in [-0.2, 0) is 4.84 Å². The Balaban J connectivity index is 3.15. The van der Waals surface area contributed by atoms with Gasteiger partial charge in [-0.1, -0.05) is 0 Å². The van der Waals surface area contributed by atoms with E-state index in [2.05, 4.69) is 4.84 Å². The summed E-state index contributed by atoms with van der Waals surface area (Å²) in [7, 11) is 0. The first kappa shape index (κ1) is 13.0. The van der Waals surface area contributed by atoms with E-state index in [1.165, 1.54) is 0 Å². The fraction of sp³-hybridized carbons (Fsp3) is 0.222. The van der Waals surface area contributed by atoms with E-state index in [1.807, 2.05) is 5.48 Å². The molecule has 1 rings (SSSR count). The first-order valence-electron chi connectivity index (χ1n) is 4.53. The van der Waals surface area contributed by atoms with E-state index in [9.17, 15) is 23.7 Å². The van der Waals surface area contributed by atoms with Gasteiger partial charge in [0.05, 0.1) is 23.2 Å². The fourth-order valence-corrected chi connectivity index (χ4v) is 1.07. The molecule has 0 atom stereocenters. The number of rotatable bonds is 4. The number of amides is 1. The van der Waals surface area contributed by atoms with Crippen molar-refractivity contribution in [1.82, 2.24) is 5.48 Å². The molecule has 0 fully saturated rings. The van der Waals surface area contributed by atoms with E-state index in [4.69, 9.17) is 0 Å². The fourth-order valence-electron chi connectivity index (χ4n) is 1.07. The lowest BCUT2D eigenvalue weighted by Crippen LogP contribution is -2.25. The summed E-state index contributed by atoms with van der Waals surface area (Å²) in [6.07, 6.45) is 0. The minimum Gasteiger partial charge on any atom is -0.274 e. The topological polar surface area (TPSA) is 81.5 Å². The van der Waals surface area contributed by atoms with Crippen LogP contribution < -0.4 is 5.48 Å². The van der Waals surface area contributed by atoms with Crippen molar-refractivity contribution < 1.29 is 23.3 Å². The molecule has 0 unspecified atom stereocenters. The van der Waals surface area contributed by atoms with Gasteiger partial charge in [-0.2, -0.15) is 4.39 Å². The zero-order valence-electron chi connectivity index (χ0n) is 8.70. The van der Waals surface area contributed by atoms with Crippen molar-refractivity contribution in [1.29, 1.82) is 0 Å². The number of benzene rings is 1. The minimum absolute atomic E-state index is 0.116. The second kappa shape index (κ2) is 5.30. The molecule has 17 heavy (non-hydrogen) atoms. The smallest absolute Gasteiger partial charge is 0.274 e. The third-order valence-electron chi connectivity index (χ3n) is 1.77. The van der Waals surface area contributed by atoms with Gasteiger partial charge in [0.25, 0.3) is 5.91 Å². The van der Waals surface area contributed by atoms with Gasteiger partial charge in [0.1, 0.15) is 5.82 Å². The number of nitrogens with zero attached hydrogens (tertiary/aromatic N) is 1. The second-order valence-corrected chi connectivity index (χ2v) is 2.91. The van der Waals surface area contributed by atoms with E-state index in [-0.39, 0.29) is 6.61 Å².